The number of rotatable bonds is 1. The molecule has 0 heterocycles. The summed E-state index contributed by atoms with van der Waals surface area (Å²) in [6.45, 7) is 0. The maximum Gasteiger partial charge on any atom is 0.132 e. The van der Waals surface area contributed by atoms with E-state index in [0.717, 1.165) is 12.5 Å². The molecule has 1 aliphatic carbocycles. The van der Waals surface area contributed by atoms with Crippen LogP contribution in [-0.2, 0) is 5.41 Å². The summed E-state index contributed by atoms with van der Waals surface area (Å²) < 4.78 is 14.0. The first-order valence-corrected chi connectivity index (χ1v) is 5.48. The third-order valence-corrected chi connectivity index (χ3v) is 3.61. The van der Waals surface area contributed by atoms with Crippen LogP contribution in [0.25, 0.3) is 0 Å². The first kappa shape index (κ1) is 10.4. The Morgan fingerprint density at radius 2 is 2.13 bits per heavy atom. The molecule has 1 aliphatic rings. The highest BCUT2D eigenvalue weighted by molar-refractivity contribution is 9.10. The number of benzene rings is 1. The fraction of sp³-hybridized carbons (Fsp3) is 0.364. The smallest absolute Gasteiger partial charge is 0.132 e. The topological polar surface area (TPSA) is 44.0 Å². The van der Waals surface area contributed by atoms with Gasteiger partial charge in [-0.2, -0.15) is 5.26 Å². The molecule has 0 saturated heterocycles. The second-order valence-electron chi connectivity index (χ2n) is 3.83. The maximum absolute atomic E-state index is 13.6. The molecule has 0 unspecified atom stereocenters. The minimum Gasteiger partial charge on any atom is -0.507 e. The summed E-state index contributed by atoms with van der Waals surface area (Å²) in [5, 5.41) is 18.4. The van der Waals surface area contributed by atoms with Crippen molar-refractivity contribution in [3.05, 3.63) is 28.0 Å². The number of hydrogen-bond donors (Lipinski definition) is 1. The van der Waals surface area contributed by atoms with Crippen molar-refractivity contribution in [3.63, 3.8) is 0 Å². The Labute approximate surface area is 95.5 Å². The van der Waals surface area contributed by atoms with Crippen LogP contribution >= 0.6 is 15.9 Å². The summed E-state index contributed by atoms with van der Waals surface area (Å²) in [6.07, 6.45) is 2.33. The molecule has 1 N–H and O–H groups in total. The van der Waals surface area contributed by atoms with Crippen LogP contribution in [-0.4, -0.2) is 5.11 Å². The largest absolute Gasteiger partial charge is 0.507 e. The van der Waals surface area contributed by atoms with E-state index in [1.54, 1.807) is 0 Å². The van der Waals surface area contributed by atoms with E-state index in [1.165, 1.54) is 6.07 Å². The molecule has 0 atom stereocenters. The zero-order valence-electron chi connectivity index (χ0n) is 7.93. The molecule has 1 saturated carbocycles. The fourth-order valence-corrected chi connectivity index (χ4v) is 2.22. The van der Waals surface area contributed by atoms with Gasteiger partial charge >= 0.3 is 0 Å². The van der Waals surface area contributed by atoms with Crippen LogP contribution in [0.4, 0.5) is 4.39 Å². The van der Waals surface area contributed by atoms with Gasteiger partial charge < -0.3 is 5.11 Å². The Balaban J connectivity index is 2.54. The summed E-state index contributed by atoms with van der Waals surface area (Å²) in [7, 11) is 0. The first-order valence-electron chi connectivity index (χ1n) is 4.69. The predicted molar refractivity (Wildman–Crippen MR) is 56.9 cm³/mol. The van der Waals surface area contributed by atoms with Gasteiger partial charge in [0.15, 0.2) is 0 Å². The average molecular weight is 270 g/mol. The molecule has 2 rings (SSSR count). The van der Waals surface area contributed by atoms with E-state index in [0.29, 0.717) is 22.9 Å². The Morgan fingerprint density at radius 1 is 1.47 bits per heavy atom. The Hall–Kier alpha value is -1.08. The van der Waals surface area contributed by atoms with Crippen molar-refractivity contribution in [2.45, 2.75) is 24.7 Å². The van der Waals surface area contributed by atoms with Crippen LogP contribution in [0.2, 0.25) is 0 Å². The summed E-state index contributed by atoms with van der Waals surface area (Å²) in [5.41, 5.74) is -0.291. The summed E-state index contributed by atoms with van der Waals surface area (Å²) in [6, 6.07) is 4.74. The van der Waals surface area contributed by atoms with E-state index in [2.05, 4.69) is 22.0 Å². The molecule has 78 valence electrons. The van der Waals surface area contributed by atoms with Crippen LogP contribution in [0, 0.1) is 17.1 Å². The van der Waals surface area contributed by atoms with Crippen molar-refractivity contribution >= 4 is 15.9 Å². The van der Waals surface area contributed by atoms with E-state index >= 15 is 0 Å². The molecule has 0 aromatic heterocycles. The van der Waals surface area contributed by atoms with E-state index in [9.17, 15) is 9.50 Å². The molecular weight excluding hydrogens is 261 g/mol. The fourth-order valence-electron chi connectivity index (χ4n) is 1.87. The van der Waals surface area contributed by atoms with Crippen molar-refractivity contribution in [1.29, 1.82) is 5.26 Å². The number of aromatic hydroxyl groups is 1. The number of phenolic OH excluding ortho intramolecular Hbond substituents is 1. The first-order chi connectivity index (χ1) is 7.09. The number of phenols is 1. The Kier molecular flexibility index (Phi) is 2.43. The van der Waals surface area contributed by atoms with Gasteiger partial charge in [-0.3, -0.25) is 0 Å². The van der Waals surface area contributed by atoms with Gasteiger partial charge in [-0.05, 0) is 41.3 Å². The molecule has 0 spiro atoms. The lowest BCUT2D eigenvalue weighted by Crippen LogP contribution is -2.33. The van der Waals surface area contributed by atoms with Gasteiger partial charge in [0, 0.05) is 11.6 Å². The molecule has 1 aromatic rings. The van der Waals surface area contributed by atoms with Gasteiger partial charge in [0.05, 0.1) is 16.0 Å². The number of nitrogens with zero attached hydrogens (tertiary/aromatic N) is 1. The minimum atomic E-state index is -0.680. The molecule has 0 bridgehead atoms. The maximum atomic E-state index is 13.6. The monoisotopic (exact) mass is 269 g/mol. The lowest BCUT2D eigenvalue weighted by atomic mass is 9.65. The molecule has 1 fully saturated rings. The standard InChI is InChI=1S/C11H9BrFNO/c12-8-4-7(9(13)5-10(8)15)11(6-14)2-1-3-11/h4-5,15H,1-3H2. The van der Waals surface area contributed by atoms with E-state index in [-0.39, 0.29) is 5.75 Å². The quantitative estimate of drug-likeness (QED) is 0.851. The lowest BCUT2D eigenvalue weighted by Gasteiger charge is -2.35. The number of hydrogen-bond acceptors (Lipinski definition) is 2. The van der Waals surface area contributed by atoms with Crippen molar-refractivity contribution in [3.8, 4) is 11.8 Å². The summed E-state index contributed by atoms with van der Waals surface area (Å²) >= 11 is 3.13. The van der Waals surface area contributed by atoms with Crippen molar-refractivity contribution in [1.82, 2.24) is 0 Å². The van der Waals surface area contributed by atoms with Gasteiger partial charge in [-0.25, -0.2) is 4.39 Å². The van der Waals surface area contributed by atoms with E-state index < -0.39 is 11.2 Å². The molecule has 15 heavy (non-hydrogen) atoms. The van der Waals surface area contributed by atoms with Gasteiger partial charge in [0.1, 0.15) is 11.6 Å². The van der Waals surface area contributed by atoms with Gasteiger partial charge in [-0.1, -0.05) is 0 Å². The molecule has 0 amide bonds. The van der Waals surface area contributed by atoms with Gasteiger partial charge in [0.25, 0.3) is 0 Å². The third kappa shape index (κ3) is 1.51. The molecule has 1 aromatic carbocycles. The number of halogens is 2. The van der Waals surface area contributed by atoms with E-state index in [1.807, 2.05) is 0 Å². The minimum absolute atomic E-state index is 0.135. The number of nitriles is 1. The second-order valence-corrected chi connectivity index (χ2v) is 4.69. The van der Waals surface area contributed by atoms with Crippen molar-refractivity contribution in [2.24, 2.45) is 0 Å². The zero-order valence-corrected chi connectivity index (χ0v) is 9.51. The van der Waals surface area contributed by atoms with Crippen LogP contribution in [0.5, 0.6) is 5.75 Å². The van der Waals surface area contributed by atoms with Crippen LogP contribution in [0.15, 0.2) is 16.6 Å². The van der Waals surface area contributed by atoms with Crippen molar-refractivity contribution < 1.29 is 9.50 Å². The normalized spacial score (nSPS) is 17.9. The van der Waals surface area contributed by atoms with Crippen LogP contribution in [0.3, 0.4) is 0 Å². The Morgan fingerprint density at radius 3 is 2.60 bits per heavy atom. The summed E-state index contributed by atoms with van der Waals surface area (Å²) in [5.74, 6) is -0.638. The highest BCUT2D eigenvalue weighted by Crippen LogP contribution is 2.45. The zero-order chi connectivity index (χ0) is 11.1. The SMILES string of the molecule is N#CC1(c2cc(Br)c(O)cc2F)CCC1. The molecule has 4 heteroatoms. The molecule has 0 aliphatic heterocycles. The second kappa shape index (κ2) is 3.49. The van der Waals surface area contributed by atoms with Crippen molar-refractivity contribution in [2.75, 3.05) is 0 Å². The predicted octanol–water partition coefficient (Wildman–Crippen LogP) is 3.24. The highest BCUT2D eigenvalue weighted by atomic mass is 79.9. The van der Waals surface area contributed by atoms with E-state index in [4.69, 9.17) is 5.26 Å². The lowest BCUT2D eigenvalue weighted by molar-refractivity contribution is 0.312. The summed E-state index contributed by atoms with van der Waals surface area (Å²) in [4.78, 5) is 0. The third-order valence-electron chi connectivity index (χ3n) is 2.97. The molecule has 2 nitrogen and oxygen atoms in total. The van der Waals surface area contributed by atoms with Crippen LogP contribution < -0.4 is 0 Å². The Bertz CT molecular complexity index is 449. The van der Waals surface area contributed by atoms with Crippen LogP contribution in [0.1, 0.15) is 24.8 Å². The average Bonchev–Trinajstić information content (AvgIpc) is 2.12. The molecular formula is C11H9BrFNO. The highest BCUT2D eigenvalue weighted by Gasteiger charge is 2.41. The van der Waals surface area contributed by atoms with Gasteiger partial charge in [-0.15, -0.1) is 0 Å². The molecule has 0 radical (unpaired) electrons. The van der Waals surface area contributed by atoms with Gasteiger partial charge in [0.2, 0.25) is 0 Å².